The van der Waals surface area contributed by atoms with Gasteiger partial charge >= 0.3 is 0 Å². The van der Waals surface area contributed by atoms with Gasteiger partial charge in [0.15, 0.2) is 0 Å². The Kier molecular flexibility index (Phi) is 2.49. The van der Waals surface area contributed by atoms with E-state index in [9.17, 15) is 8.42 Å². The molecule has 4 nitrogen and oxygen atoms in total. The number of rotatable bonds is 1. The standard InChI is InChI=1S/C9H7BrN2O2S/c10-9-5-4-6-7(12-9)2-1-3-8(6)15(11,13)14/h1-5H,(H2,11,13,14). The third-order valence-corrected chi connectivity index (χ3v) is 3.38. The van der Waals surface area contributed by atoms with E-state index in [1.165, 1.54) is 6.07 Å². The molecule has 0 aliphatic carbocycles. The Morgan fingerprint density at radius 1 is 1.20 bits per heavy atom. The van der Waals surface area contributed by atoms with E-state index in [1.54, 1.807) is 24.3 Å². The van der Waals surface area contributed by atoms with E-state index in [0.29, 0.717) is 15.5 Å². The highest BCUT2D eigenvalue weighted by Crippen LogP contribution is 2.22. The Balaban J connectivity index is 2.89. The third kappa shape index (κ3) is 2.01. The molecule has 0 aliphatic rings. The number of primary sulfonamides is 1. The highest BCUT2D eigenvalue weighted by Gasteiger charge is 2.12. The molecule has 0 fully saturated rings. The Hall–Kier alpha value is -0.980. The van der Waals surface area contributed by atoms with E-state index >= 15 is 0 Å². The van der Waals surface area contributed by atoms with E-state index in [2.05, 4.69) is 20.9 Å². The molecule has 0 saturated heterocycles. The maximum atomic E-state index is 11.3. The number of benzene rings is 1. The molecule has 1 aromatic carbocycles. The number of aromatic nitrogens is 1. The number of fused-ring (bicyclic) bond motifs is 1. The van der Waals surface area contributed by atoms with Crippen LogP contribution in [0.25, 0.3) is 10.9 Å². The van der Waals surface area contributed by atoms with Gasteiger partial charge in [-0.2, -0.15) is 0 Å². The minimum absolute atomic E-state index is 0.0972. The van der Waals surface area contributed by atoms with Gasteiger partial charge in [0.05, 0.1) is 10.4 Å². The lowest BCUT2D eigenvalue weighted by Gasteiger charge is -2.03. The van der Waals surface area contributed by atoms with Gasteiger partial charge < -0.3 is 0 Å². The number of sulfonamides is 1. The molecule has 0 amide bonds. The number of hydrogen-bond donors (Lipinski definition) is 1. The van der Waals surface area contributed by atoms with Crippen LogP contribution in [-0.2, 0) is 10.0 Å². The molecule has 0 aliphatic heterocycles. The van der Waals surface area contributed by atoms with Crippen molar-refractivity contribution in [2.75, 3.05) is 0 Å². The van der Waals surface area contributed by atoms with Crippen LogP contribution in [0.4, 0.5) is 0 Å². The van der Waals surface area contributed by atoms with Gasteiger partial charge in [0.25, 0.3) is 0 Å². The van der Waals surface area contributed by atoms with Crippen molar-refractivity contribution in [2.45, 2.75) is 4.90 Å². The van der Waals surface area contributed by atoms with Crippen LogP contribution in [0.3, 0.4) is 0 Å². The van der Waals surface area contributed by atoms with Crippen LogP contribution < -0.4 is 5.14 Å². The van der Waals surface area contributed by atoms with Crippen LogP contribution in [0.1, 0.15) is 0 Å². The fraction of sp³-hybridized carbons (Fsp3) is 0. The molecule has 1 heterocycles. The zero-order chi connectivity index (χ0) is 11.1. The zero-order valence-corrected chi connectivity index (χ0v) is 9.92. The largest absolute Gasteiger partial charge is 0.241 e. The Morgan fingerprint density at radius 2 is 1.93 bits per heavy atom. The predicted molar refractivity (Wildman–Crippen MR) is 60.8 cm³/mol. The molecular formula is C9H7BrN2O2S. The molecule has 0 bridgehead atoms. The van der Waals surface area contributed by atoms with Crippen LogP contribution in [0.15, 0.2) is 39.8 Å². The lowest BCUT2D eigenvalue weighted by molar-refractivity contribution is 0.598. The van der Waals surface area contributed by atoms with Crippen LogP contribution in [0.2, 0.25) is 0 Å². The van der Waals surface area contributed by atoms with E-state index in [1.807, 2.05) is 0 Å². The van der Waals surface area contributed by atoms with Crippen molar-refractivity contribution in [1.82, 2.24) is 4.98 Å². The van der Waals surface area contributed by atoms with Gasteiger partial charge in [0.2, 0.25) is 10.0 Å². The monoisotopic (exact) mass is 286 g/mol. The fourth-order valence-corrected chi connectivity index (χ4v) is 2.42. The summed E-state index contributed by atoms with van der Waals surface area (Å²) in [6.07, 6.45) is 0. The number of hydrogen-bond acceptors (Lipinski definition) is 3. The number of nitrogens with zero attached hydrogens (tertiary/aromatic N) is 1. The molecule has 15 heavy (non-hydrogen) atoms. The summed E-state index contributed by atoms with van der Waals surface area (Å²) in [7, 11) is -3.70. The molecule has 2 aromatic rings. The predicted octanol–water partition coefficient (Wildman–Crippen LogP) is 1.64. The van der Waals surface area contributed by atoms with Crippen LogP contribution in [0, 0.1) is 0 Å². The molecule has 1 aromatic heterocycles. The first-order valence-corrected chi connectivity index (χ1v) is 6.40. The molecule has 78 valence electrons. The van der Waals surface area contributed by atoms with Crippen molar-refractivity contribution in [3.63, 3.8) is 0 Å². The minimum Gasteiger partial charge on any atom is -0.241 e. The zero-order valence-electron chi connectivity index (χ0n) is 7.51. The average molecular weight is 287 g/mol. The topological polar surface area (TPSA) is 73.1 Å². The molecule has 6 heteroatoms. The van der Waals surface area contributed by atoms with Gasteiger partial charge in [-0.3, -0.25) is 0 Å². The quantitative estimate of drug-likeness (QED) is 0.810. The van der Waals surface area contributed by atoms with Gasteiger partial charge in [-0.05, 0) is 40.2 Å². The first kappa shape index (κ1) is 10.5. The van der Waals surface area contributed by atoms with E-state index in [-0.39, 0.29) is 4.90 Å². The van der Waals surface area contributed by atoms with E-state index < -0.39 is 10.0 Å². The molecular weight excluding hydrogens is 280 g/mol. The maximum absolute atomic E-state index is 11.3. The summed E-state index contributed by atoms with van der Waals surface area (Å²) in [5.74, 6) is 0. The minimum atomic E-state index is -3.70. The van der Waals surface area contributed by atoms with Crippen LogP contribution in [-0.4, -0.2) is 13.4 Å². The molecule has 0 radical (unpaired) electrons. The van der Waals surface area contributed by atoms with E-state index in [0.717, 1.165) is 0 Å². The highest BCUT2D eigenvalue weighted by molar-refractivity contribution is 9.10. The van der Waals surface area contributed by atoms with Crippen molar-refractivity contribution >= 4 is 36.9 Å². The normalized spacial score (nSPS) is 11.9. The van der Waals surface area contributed by atoms with Gasteiger partial charge in [0, 0.05) is 5.39 Å². The van der Waals surface area contributed by atoms with Gasteiger partial charge in [-0.15, -0.1) is 0 Å². The lowest BCUT2D eigenvalue weighted by atomic mass is 10.2. The Morgan fingerprint density at radius 3 is 2.60 bits per heavy atom. The van der Waals surface area contributed by atoms with E-state index in [4.69, 9.17) is 5.14 Å². The summed E-state index contributed by atoms with van der Waals surface area (Å²) in [6, 6.07) is 8.16. The first-order chi connectivity index (χ1) is 6.98. The molecule has 2 rings (SSSR count). The van der Waals surface area contributed by atoms with Crippen LogP contribution in [0.5, 0.6) is 0 Å². The van der Waals surface area contributed by atoms with Crippen molar-refractivity contribution in [3.8, 4) is 0 Å². The smallest absolute Gasteiger partial charge is 0.238 e. The summed E-state index contributed by atoms with van der Waals surface area (Å²) < 4.78 is 23.2. The van der Waals surface area contributed by atoms with Crippen molar-refractivity contribution in [3.05, 3.63) is 34.9 Å². The van der Waals surface area contributed by atoms with Crippen molar-refractivity contribution in [2.24, 2.45) is 5.14 Å². The summed E-state index contributed by atoms with van der Waals surface area (Å²) in [4.78, 5) is 4.24. The van der Waals surface area contributed by atoms with Gasteiger partial charge in [-0.1, -0.05) is 6.07 Å². The van der Waals surface area contributed by atoms with Crippen molar-refractivity contribution in [1.29, 1.82) is 0 Å². The summed E-state index contributed by atoms with van der Waals surface area (Å²) in [5.41, 5.74) is 0.593. The number of halogens is 1. The number of nitrogens with two attached hydrogens (primary N) is 1. The Bertz CT molecular complexity index is 625. The molecule has 2 N–H and O–H groups in total. The molecule has 0 unspecified atom stereocenters. The summed E-state index contributed by atoms with van der Waals surface area (Å²) >= 11 is 3.22. The third-order valence-electron chi connectivity index (χ3n) is 1.96. The maximum Gasteiger partial charge on any atom is 0.238 e. The SMILES string of the molecule is NS(=O)(=O)c1cccc2nc(Br)ccc12. The fourth-order valence-electron chi connectivity index (χ4n) is 1.35. The Labute approximate surface area is 95.3 Å². The molecule has 0 spiro atoms. The second-order valence-corrected chi connectivity index (χ2v) is 5.34. The van der Waals surface area contributed by atoms with Gasteiger partial charge in [0.1, 0.15) is 4.60 Å². The lowest BCUT2D eigenvalue weighted by Crippen LogP contribution is -2.12. The average Bonchev–Trinajstić information content (AvgIpc) is 2.15. The first-order valence-electron chi connectivity index (χ1n) is 4.06. The summed E-state index contributed by atoms with van der Waals surface area (Å²) in [5, 5.41) is 5.62. The second-order valence-electron chi connectivity index (χ2n) is 3.00. The highest BCUT2D eigenvalue weighted by atomic mass is 79.9. The second kappa shape index (κ2) is 3.55. The van der Waals surface area contributed by atoms with Crippen molar-refractivity contribution < 1.29 is 8.42 Å². The van der Waals surface area contributed by atoms with Gasteiger partial charge in [-0.25, -0.2) is 18.5 Å². The molecule has 0 saturated carbocycles. The number of pyridine rings is 1. The van der Waals surface area contributed by atoms with Crippen LogP contribution >= 0.6 is 15.9 Å². The summed E-state index contributed by atoms with van der Waals surface area (Å²) in [6.45, 7) is 0. The molecule has 0 atom stereocenters.